The molecule has 0 aliphatic rings. The van der Waals surface area contributed by atoms with Crippen LogP contribution >= 0.6 is 12.2 Å². The van der Waals surface area contributed by atoms with Crippen LogP contribution in [-0.4, -0.2) is 18.2 Å². The van der Waals surface area contributed by atoms with E-state index in [9.17, 15) is 0 Å². The van der Waals surface area contributed by atoms with Crippen LogP contribution in [-0.2, 0) is 6.54 Å². The number of nitrogens with one attached hydrogen (secondary N) is 2. The fourth-order valence-corrected chi connectivity index (χ4v) is 2.91. The zero-order chi connectivity index (χ0) is 16.7. The molecule has 0 spiro atoms. The molecule has 0 aliphatic heterocycles. The van der Waals surface area contributed by atoms with E-state index in [1.165, 1.54) is 22.3 Å². The summed E-state index contributed by atoms with van der Waals surface area (Å²) in [6.45, 7) is 9.17. The minimum Gasteiger partial charge on any atom is -0.357 e. The van der Waals surface area contributed by atoms with Crippen molar-refractivity contribution < 1.29 is 5.32 Å². The average Bonchev–Trinajstić information content (AvgIpc) is 2.51. The number of thiocarbonyl (C=S) groups is 1. The number of rotatable bonds is 6. The van der Waals surface area contributed by atoms with Gasteiger partial charge in [0, 0.05) is 11.3 Å². The van der Waals surface area contributed by atoms with Crippen LogP contribution in [0, 0.1) is 20.8 Å². The molecule has 3 nitrogen and oxygen atoms in total. The molecule has 0 unspecified atom stereocenters. The number of benzene rings is 2. The third-order valence-corrected chi connectivity index (χ3v) is 4.02. The number of quaternary nitrogens is 1. The van der Waals surface area contributed by atoms with Crippen LogP contribution in [0.15, 0.2) is 42.5 Å². The number of hydrogen-bond acceptors (Lipinski definition) is 1. The van der Waals surface area contributed by atoms with Gasteiger partial charge < -0.3 is 16.0 Å². The van der Waals surface area contributed by atoms with Crippen LogP contribution in [0.1, 0.15) is 22.3 Å². The summed E-state index contributed by atoms with van der Waals surface area (Å²) in [7, 11) is 0. The summed E-state index contributed by atoms with van der Waals surface area (Å²) in [4.78, 5) is 0. The van der Waals surface area contributed by atoms with Crippen molar-refractivity contribution >= 4 is 23.0 Å². The molecule has 2 aromatic carbocycles. The van der Waals surface area contributed by atoms with E-state index >= 15 is 0 Å². The normalized spacial score (nSPS) is 10.4. The fourth-order valence-electron chi connectivity index (χ4n) is 2.71. The number of anilines is 1. The van der Waals surface area contributed by atoms with E-state index in [2.05, 4.69) is 73.1 Å². The Kier molecular flexibility index (Phi) is 6.56. The Balaban J connectivity index is 1.71. The quantitative estimate of drug-likeness (QED) is 0.564. The molecule has 0 aromatic heterocycles. The van der Waals surface area contributed by atoms with Gasteiger partial charge in [-0.05, 0) is 44.1 Å². The van der Waals surface area contributed by atoms with Gasteiger partial charge in [0.15, 0.2) is 5.11 Å². The first-order chi connectivity index (χ1) is 11.1. The molecule has 23 heavy (non-hydrogen) atoms. The van der Waals surface area contributed by atoms with Gasteiger partial charge in [-0.1, -0.05) is 48.0 Å². The Labute approximate surface area is 144 Å². The molecular formula is C19H26N3S+. The van der Waals surface area contributed by atoms with Gasteiger partial charge in [-0.25, -0.2) is 0 Å². The second kappa shape index (κ2) is 8.65. The molecule has 0 radical (unpaired) electrons. The molecule has 0 saturated heterocycles. The van der Waals surface area contributed by atoms with E-state index in [1.807, 2.05) is 6.07 Å². The Morgan fingerprint density at radius 1 is 1.04 bits per heavy atom. The molecule has 0 aliphatic carbocycles. The molecule has 0 saturated carbocycles. The van der Waals surface area contributed by atoms with Gasteiger partial charge in [0.25, 0.3) is 0 Å². The Bertz CT molecular complexity index is 630. The van der Waals surface area contributed by atoms with E-state index in [1.54, 1.807) is 0 Å². The maximum Gasteiger partial charge on any atom is 0.171 e. The second-order valence-corrected chi connectivity index (χ2v) is 6.33. The zero-order valence-corrected chi connectivity index (χ0v) is 15.0. The Hall–Kier alpha value is -1.91. The molecule has 0 bridgehead atoms. The molecule has 2 aromatic rings. The van der Waals surface area contributed by atoms with Crippen LogP contribution in [0.5, 0.6) is 0 Å². The number of nitrogens with two attached hydrogens (primary N) is 1. The van der Waals surface area contributed by atoms with Crippen LogP contribution in [0.4, 0.5) is 5.69 Å². The summed E-state index contributed by atoms with van der Waals surface area (Å²) in [5.41, 5.74) is 6.19. The maximum atomic E-state index is 5.40. The lowest BCUT2D eigenvalue weighted by Crippen LogP contribution is -2.84. The van der Waals surface area contributed by atoms with E-state index < -0.39 is 0 Å². The van der Waals surface area contributed by atoms with Gasteiger partial charge in [0.2, 0.25) is 0 Å². The first kappa shape index (κ1) is 17.4. The van der Waals surface area contributed by atoms with Crippen LogP contribution in [0.3, 0.4) is 0 Å². The summed E-state index contributed by atoms with van der Waals surface area (Å²) in [6.07, 6.45) is 0. The van der Waals surface area contributed by atoms with E-state index in [-0.39, 0.29) is 0 Å². The minimum atomic E-state index is 0.688. The standard InChI is InChI=1S/C19H25N3S/c1-14-11-15(2)18(16(3)12-14)22-19(23)21-10-9-20-13-17-7-5-4-6-8-17/h4-8,11-12,20H,9-10,13H2,1-3H3,(H2,21,22,23)/p+1. The lowest BCUT2D eigenvalue weighted by Gasteiger charge is -2.15. The third-order valence-electron chi connectivity index (χ3n) is 3.77. The summed E-state index contributed by atoms with van der Waals surface area (Å²) >= 11 is 5.40. The molecule has 0 fully saturated rings. The number of aryl methyl sites for hydroxylation is 3. The highest BCUT2D eigenvalue weighted by molar-refractivity contribution is 7.80. The topological polar surface area (TPSA) is 40.7 Å². The van der Waals surface area contributed by atoms with Gasteiger partial charge in [0.05, 0.1) is 13.1 Å². The molecule has 4 N–H and O–H groups in total. The first-order valence-corrected chi connectivity index (χ1v) is 8.45. The second-order valence-electron chi connectivity index (χ2n) is 5.92. The van der Waals surface area contributed by atoms with Crippen molar-refractivity contribution in [3.05, 3.63) is 64.7 Å². The molecule has 2 rings (SSSR count). The van der Waals surface area contributed by atoms with Crippen molar-refractivity contribution in [2.45, 2.75) is 27.3 Å². The minimum absolute atomic E-state index is 0.688. The smallest absolute Gasteiger partial charge is 0.171 e. The van der Waals surface area contributed by atoms with Gasteiger partial charge in [0.1, 0.15) is 6.54 Å². The van der Waals surface area contributed by atoms with E-state index in [0.29, 0.717) is 5.11 Å². The zero-order valence-electron chi connectivity index (χ0n) is 14.1. The van der Waals surface area contributed by atoms with Gasteiger partial charge >= 0.3 is 0 Å². The van der Waals surface area contributed by atoms with Crippen LogP contribution < -0.4 is 16.0 Å². The summed E-state index contributed by atoms with van der Waals surface area (Å²) in [5, 5.41) is 9.57. The van der Waals surface area contributed by atoms with E-state index in [4.69, 9.17) is 12.2 Å². The van der Waals surface area contributed by atoms with Gasteiger partial charge in [-0.15, -0.1) is 0 Å². The third kappa shape index (κ3) is 5.66. The molecule has 0 heterocycles. The lowest BCUT2D eigenvalue weighted by atomic mass is 10.1. The van der Waals surface area contributed by atoms with Crippen molar-refractivity contribution in [3.8, 4) is 0 Å². The van der Waals surface area contributed by atoms with Gasteiger partial charge in [-0.2, -0.15) is 0 Å². The Morgan fingerprint density at radius 2 is 1.70 bits per heavy atom. The average molecular weight is 329 g/mol. The predicted octanol–water partition coefficient (Wildman–Crippen LogP) is 2.66. The molecule has 4 heteroatoms. The summed E-state index contributed by atoms with van der Waals surface area (Å²) < 4.78 is 0. The number of hydrogen-bond donors (Lipinski definition) is 3. The Morgan fingerprint density at radius 3 is 2.35 bits per heavy atom. The highest BCUT2D eigenvalue weighted by atomic mass is 32.1. The fraction of sp³-hybridized carbons (Fsp3) is 0.316. The molecular weight excluding hydrogens is 302 g/mol. The SMILES string of the molecule is Cc1cc(C)c(NC(=S)NCC[NH2+]Cc2ccccc2)c(C)c1. The highest BCUT2D eigenvalue weighted by Crippen LogP contribution is 2.21. The van der Waals surface area contributed by atoms with Crippen LogP contribution in [0.2, 0.25) is 0 Å². The highest BCUT2D eigenvalue weighted by Gasteiger charge is 2.05. The monoisotopic (exact) mass is 328 g/mol. The molecule has 0 amide bonds. The van der Waals surface area contributed by atoms with E-state index in [0.717, 1.165) is 25.3 Å². The predicted molar refractivity (Wildman–Crippen MR) is 102 cm³/mol. The van der Waals surface area contributed by atoms with Gasteiger partial charge in [-0.3, -0.25) is 0 Å². The van der Waals surface area contributed by atoms with Crippen molar-refractivity contribution in [2.75, 3.05) is 18.4 Å². The van der Waals surface area contributed by atoms with Crippen molar-refractivity contribution in [1.29, 1.82) is 0 Å². The molecule has 122 valence electrons. The van der Waals surface area contributed by atoms with Crippen LogP contribution in [0.25, 0.3) is 0 Å². The first-order valence-electron chi connectivity index (χ1n) is 8.04. The van der Waals surface area contributed by atoms with Crippen molar-refractivity contribution in [3.63, 3.8) is 0 Å². The lowest BCUT2D eigenvalue weighted by molar-refractivity contribution is -0.668. The summed E-state index contributed by atoms with van der Waals surface area (Å²) in [5.74, 6) is 0. The summed E-state index contributed by atoms with van der Waals surface area (Å²) in [6, 6.07) is 14.8. The maximum absolute atomic E-state index is 5.40. The van der Waals surface area contributed by atoms with Crippen molar-refractivity contribution in [2.24, 2.45) is 0 Å². The molecule has 0 atom stereocenters. The largest absolute Gasteiger partial charge is 0.357 e. The van der Waals surface area contributed by atoms with Crippen molar-refractivity contribution in [1.82, 2.24) is 5.32 Å².